The Morgan fingerprint density at radius 1 is 1.09 bits per heavy atom. The lowest BCUT2D eigenvalue weighted by molar-refractivity contribution is -0.139. The number of halogens is 2. The molecule has 2 heterocycles. The number of carbonyl (C=O) groups is 1. The first-order chi connectivity index (χ1) is 21.8. The minimum atomic E-state index is -0.842. The van der Waals surface area contributed by atoms with Crippen molar-refractivity contribution in [3.63, 3.8) is 0 Å². The molecule has 0 fully saturated rings. The average Bonchev–Trinajstić information content (AvgIpc) is 3.33. The zero-order valence-corrected chi connectivity index (χ0v) is 26.2. The average molecular weight is 643 g/mol. The molecule has 0 N–H and O–H groups in total. The van der Waals surface area contributed by atoms with Gasteiger partial charge in [0.05, 0.1) is 40.6 Å². The molecule has 0 saturated carbocycles. The van der Waals surface area contributed by atoms with Crippen LogP contribution in [0.4, 0.5) is 4.39 Å². The maximum absolute atomic E-state index is 13.9. The van der Waals surface area contributed by atoms with E-state index in [-0.39, 0.29) is 24.3 Å². The van der Waals surface area contributed by atoms with Crippen LogP contribution in [0.3, 0.4) is 0 Å². The summed E-state index contributed by atoms with van der Waals surface area (Å²) in [5.41, 5.74) is 2.45. The van der Waals surface area contributed by atoms with Gasteiger partial charge >= 0.3 is 5.97 Å². The Bertz CT molecular complexity index is 2150. The van der Waals surface area contributed by atoms with Crippen molar-refractivity contribution in [2.45, 2.75) is 26.5 Å². The lowest BCUT2D eigenvalue weighted by Crippen LogP contribution is -2.39. The maximum atomic E-state index is 13.9. The maximum Gasteiger partial charge on any atom is 0.338 e. The molecule has 7 nitrogen and oxygen atoms in total. The van der Waals surface area contributed by atoms with Crippen molar-refractivity contribution in [1.82, 2.24) is 4.57 Å². The van der Waals surface area contributed by atoms with Gasteiger partial charge in [-0.1, -0.05) is 77.5 Å². The predicted octanol–water partition coefficient (Wildman–Crippen LogP) is 6.33. The van der Waals surface area contributed by atoms with Crippen molar-refractivity contribution >= 4 is 45.8 Å². The van der Waals surface area contributed by atoms with E-state index in [1.54, 1.807) is 44.2 Å². The lowest BCUT2D eigenvalue weighted by atomic mass is 9.96. The van der Waals surface area contributed by atoms with Gasteiger partial charge in [-0.3, -0.25) is 9.36 Å². The van der Waals surface area contributed by atoms with Gasteiger partial charge in [0.25, 0.3) is 5.56 Å². The Balaban J connectivity index is 1.39. The van der Waals surface area contributed by atoms with Crippen molar-refractivity contribution < 1.29 is 23.4 Å². The Labute approximate surface area is 267 Å². The molecule has 228 valence electrons. The van der Waals surface area contributed by atoms with Crippen LogP contribution in [0.2, 0.25) is 5.02 Å². The van der Waals surface area contributed by atoms with Crippen molar-refractivity contribution in [1.29, 1.82) is 0 Å². The number of hydrogen-bond donors (Lipinski definition) is 0. The highest BCUT2D eigenvalue weighted by atomic mass is 35.5. The summed E-state index contributed by atoms with van der Waals surface area (Å²) in [5.74, 6) is -0.221. The van der Waals surface area contributed by atoms with E-state index in [0.717, 1.165) is 16.3 Å². The van der Waals surface area contributed by atoms with E-state index < -0.39 is 17.8 Å². The van der Waals surface area contributed by atoms with Crippen molar-refractivity contribution in [2.24, 2.45) is 4.99 Å². The number of benzene rings is 4. The van der Waals surface area contributed by atoms with Crippen LogP contribution in [0.1, 0.15) is 36.6 Å². The van der Waals surface area contributed by atoms with E-state index in [1.165, 1.54) is 35.1 Å². The largest absolute Gasteiger partial charge is 0.493 e. The molecule has 5 aromatic rings. The monoisotopic (exact) mass is 642 g/mol. The number of aromatic nitrogens is 1. The minimum absolute atomic E-state index is 0.153. The number of thiazole rings is 1. The molecule has 0 saturated heterocycles. The first-order valence-corrected chi connectivity index (χ1v) is 15.4. The zero-order chi connectivity index (χ0) is 31.7. The van der Waals surface area contributed by atoms with Gasteiger partial charge in [0.1, 0.15) is 12.4 Å². The van der Waals surface area contributed by atoms with Crippen LogP contribution < -0.4 is 24.4 Å². The van der Waals surface area contributed by atoms with Gasteiger partial charge in [0.2, 0.25) is 0 Å². The lowest BCUT2D eigenvalue weighted by Gasteiger charge is -2.24. The Morgan fingerprint density at radius 3 is 2.60 bits per heavy atom. The van der Waals surface area contributed by atoms with Crippen molar-refractivity contribution in [2.75, 3.05) is 13.7 Å². The van der Waals surface area contributed by atoms with Gasteiger partial charge in [-0.05, 0) is 71.7 Å². The number of allylic oxidation sites excluding steroid dienone is 1. The highest BCUT2D eigenvalue weighted by molar-refractivity contribution is 7.07. The molecular formula is C35H28ClFN2O5S. The topological polar surface area (TPSA) is 79.1 Å². The standard InChI is InChI=1S/C35H28ClFN2O5S/c1-4-43-34(41)30-20(2)38-35-39(31(30)23-12-14-25(37)15-13-23)33(40)29(45-35)18-21-16-27(36)32(28(17-21)42-3)44-19-24-10-7-9-22-8-5-6-11-26(22)24/h5-18,31H,4,19H2,1-3H3/b29-18-/t31-/m0/s1. The van der Waals surface area contributed by atoms with Crippen molar-refractivity contribution in [3.8, 4) is 11.5 Å². The molecule has 0 unspecified atom stereocenters. The van der Waals surface area contributed by atoms with Crippen LogP contribution in [0.5, 0.6) is 11.5 Å². The van der Waals surface area contributed by atoms with E-state index in [9.17, 15) is 14.0 Å². The first kappa shape index (κ1) is 30.3. The molecule has 0 spiro atoms. The van der Waals surface area contributed by atoms with E-state index in [1.807, 2.05) is 42.5 Å². The van der Waals surface area contributed by atoms with Crippen LogP contribution in [0.15, 0.2) is 99.9 Å². The fourth-order valence-electron chi connectivity index (χ4n) is 5.43. The summed E-state index contributed by atoms with van der Waals surface area (Å²) in [7, 11) is 1.52. The molecule has 0 radical (unpaired) electrons. The summed E-state index contributed by atoms with van der Waals surface area (Å²) in [5, 5.41) is 2.51. The second-order valence-electron chi connectivity index (χ2n) is 10.3. The number of hydrogen-bond acceptors (Lipinski definition) is 7. The van der Waals surface area contributed by atoms with Gasteiger partial charge < -0.3 is 14.2 Å². The molecule has 1 aromatic heterocycles. The molecule has 1 aliphatic rings. The molecule has 0 bridgehead atoms. The van der Waals surface area contributed by atoms with Crippen LogP contribution >= 0.6 is 22.9 Å². The number of methoxy groups -OCH3 is 1. The fraction of sp³-hybridized carbons (Fsp3) is 0.171. The van der Waals surface area contributed by atoms with Gasteiger partial charge in [0, 0.05) is 0 Å². The summed E-state index contributed by atoms with van der Waals surface area (Å²) in [6.07, 6.45) is 1.69. The smallest absolute Gasteiger partial charge is 0.338 e. The van der Waals surface area contributed by atoms with Crippen LogP contribution in [-0.4, -0.2) is 24.3 Å². The SMILES string of the molecule is CCOC(=O)C1=C(C)N=c2s/c(=C\c3cc(Cl)c(OCc4cccc5ccccc45)c(OC)c3)c(=O)n2[C@H]1c1ccc(F)cc1. The van der Waals surface area contributed by atoms with E-state index >= 15 is 0 Å². The molecule has 0 amide bonds. The molecule has 0 aliphatic carbocycles. The van der Waals surface area contributed by atoms with Crippen molar-refractivity contribution in [3.05, 3.63) is 137 Å². The Morgan fingerprint density at radius 2 is 1.84 bits per heavy atom. The second kappa shape index (κ2) is 12.7. The van der Waals surface area contributed by atoms with Gasteiger partial charge in [0.15, 0.2) is 16.3 Å². The number of ether oxygens (including phenoxy) is 3. The van der Waals surface area contributed by atoms with Crippen LogP contribution in [-0.2, 0) is 16.1 Å². The van der Waals surface area contributed by atoms with Gasteiger partial charge in [-0.25, -0.2) is 14.2 Å². The molecule has 6 rings (SSSR count). The summed E-state index contributed by atoms with van der Waals surface area (Å²) in [4.78, 5) is 32.0. The third kappa shape index (κ3) is 5.89. The van der Waals surface area contributed by atoms with Gasteiger partial charge in [-0.2, -0.15) is 0 Å². The Hall–Kier alpha value is -4.73. The number of carbonyl (C=O) groups excluding carboxylic acids is 1. The summed E-state index contributed by atoms with van der Waals surface area (Å²) in [6, 6.07) is 22.4. The normalized spacial score (nSPS) is 14.7. The first-order valence-electron chi connectivity index (χ1n) is 14.2. The number of nitrogens with zero attached hydrogens (tertiary/aromatic N) is 2. The van der Waals surface area contributed by atoms with E-state index in [4.69, 9.17) is 25.8 Å². The summed E-state index contributed by atoms with van der Waals surface area (Å²) in [6.45, 7) is 3.83. The van der Waals surface area contributed by atoms with E-state index in [2.05, 4.69) is 4.99 Å². The highest BCUT2D eigenvalue weighted by Gasteiger charge is 2.33. The molecule has 1 atom stereocenters. The molecule has 4 aromatic carbocycles. The highest BCUT2D eigenvalue weighted by Crippen LogP contribution is 2.38. The summed E-state index contributed by atoms with van der Waals surface area (Å²) < 4.78 is 32.7. The van der Waals surface area contributed by atoms with Crippen LogP contribution in [0.25, 0.3) is 16.8 Å². The minimum Gasteiger partial charge on any atom is -0.493 e. The number of fused-ring (bicyclic) bond motifs is 2. The summed E-state index contributed by atoms with van der Waals surface area (Å²) >= 11 is 7.89. The predicted molar refractivity (Wildman–Crippen MR) is 173 cm³/mol. The quantitative estimate of drug-likeness (QED) is 0.185. The van der Waals surface area contributed by atoms with Crippen LogP contribution in [0, 0.1) is 5.82 Å². The molecule has 1 aliphatic heterocycles. The molecule has 45 heavy (non-hydrogen) atoms. The molecule has 10 heteroatoms. The number of esters is 1. The third-order valence-electron chi connectivity index (χ3n) is 7.50. The second-order valence-corrected chi connectivity index (χ2v) is 11.7. The third-order valence-corrected chi connectivity index (χ3v) is 8.77. The van der Waals surface area contributed by atoms with Gasteiger partial charge in [-0.15, -0.1) is 0 Å². The zero-order valence-electron chi connectivity index (χ0n) is 24.7. The molecular weight excluding hydrogens is 615 g/mol. The van der Waals surface area contributed by atoms with E-state index in [0.29, 0.717) is 42.7 Å². The fourth-order valence-corrected chi connectivity index (χ4v) is 6.76. The number of rotatable bonds is 8. The Kier molecular flexibility index (Phi) is 8.56.